The normalized spacial score (nSPS) is 12.2. The molecule has 0 bridgehead atoms. The van der Waals surface area contributed by atoms with Crippen LogP contribution < -0.4 is 9.62 Å². The van der Waals surface area contributed by atoms with Crippen LogP contribution in [0, 0.1) is 12.8 Å². The minimum absolute atomic E-state index is 0.0226. The maximum atomic E-state index is 14.1. The Kier molecular flexibility index (Phi) is 11.5. The van der Waals surface area contributed by atoms with Crippen molar-refractivity contribution >= 4 is 62.3 Å². The number of halogens is 3. The Morgan fingerprint density at radius 2 is 1.51 bits per heavy atom. The highest BCUT2D eigenvalue weighted by Gasteiger charge is 2.34. The summed E-state index contributed by atoms with van der Waals surface area (Å²) in [6, 6.07) is 16.6. The van der Waals surface area contributed by atoms with Gasteiger partial charge >= 0.3 is 0 Å². The topological polar surface area (TPSA) is 86.8 Å². The van der Waals surface area contributed by atoms with E-state index in [9.17, 15) is 18.0 Å². The predicted molar refractivity (Wildman–Crippen MR) is 166 cm³/mol. The van der Waals surface area contributed by atoms with Crippen LogP contribution in [0.2, 0.25) is 15.1 Å². The average molecular weight is 639 g/mol. The lowest BCUT2D eigenvalue weighted by atomic mass is 10.1. The highest BCUT2D eigenvalue weighted by Crippen LogP contribution is 2.27. The van der Waals surface area contributed by atoms with Crippen LogP contribution in [0.4, 0.5) is 5.69 Å². The predicted octanol–water partition coefficient (Wildman–Crippen LogP) is 6.73. The van der Waals surface area contributed by atoms with Gasteiger partial charge in [0.15, 0.2) is 0 Å². The van der Waals surface area contributed by atoms with Crippen LogP contribution in [-0.2, 0) is 26.2 Å². The Morgan fingerprint density at radius 1 is 0.902 bits per heavy atom. The summed E-state index contributed by atoms with van der Waals surface area (Å²) in [5.74, 6) is -0.698. The molecule has 0 aliphatic carbocycles. The summed E-state index contributed by atoms with van der Waals surface area (Å²) in [5.41, 5.74) is 1.80. The van der Waals surface area contributed by atoms with E-state index < -0.39 is 28.5 Å². The molecule has 220 valence electrons. The van der Waals surface area contributed by atoms with Crippen LogP contribution in [0.25, 0.3) is 0 Å². The first-order chi connectivity index (χ1) is 19.3. The molecule has 41 heavy (non-hydrogen) atoms. The average Bonchev–Trinajstić information content (AvgIpc) is 2.92. The summed E-state index contributed by atoms with van der Waals surface area (Å²) in [5, 5.41) is 4.04. The molecule has 0 fully saturated rings. The van der Waals surface area contributed by atoms with Gasteiger partial charge in [0.05, 0.1) is 10.6 Å². The number of anilines is 1. The summed E-state index contributed by atoms with van der Waals surface area (Å²) in [6.45, 7) is 7.48. The summed E-state index contributed by atoms with van der Waals surface area (Å²) in [6.07, 6.45) is 0.301. The number of carbonyl (C=O) groups excluding carboxylic acids is 2. The second kappa shape index (κ2) is 14.4. The Hall–Kier alpha value is -2.78. The van der Waals surface area contributed by atoms with Gasteiger partial charge in [0.1, 0.15) is 12.6 Å². The van der Waals surface area contributed by atoms with Gasteiger partial charge in [-0.25, -0.2) is 8.42 Å². The molecule has 2 amide bonds. The molecule has 0 saturated carbocycles. The first kappa shape index (κ1) is 32.7. The number of rotatable bonds is 12. The maximum absolute atomic E-state index is 14.1. The van der Waals surface area contributed by atoms with Crippen LogP contribution in [0.15, 0.2) is 71.6 Å². The third-order valence-corrected chi connectivity index (χ3v) is 9.06. The quantitative estimate of drug-likeness (QED) is 0.238. The van der Waals surface area contributed by atoms with Crippen molar-refractivity contribution in [1.82, 2.24) is 10.2 Å². The van der Waals surface area contributed by atoms with E-state index in [2.05, 4.69) is 5.32 Å². The zero-order chi connectivity index (χ0) is 30.3. The highest BCUT2D eigenvalue weighted by atomic mass is 35.5. The zero-order valence-electron chi connectivity index (χ0n) is 23.4. The van der Waals surface area contributed by atoms with Gasteiger partial charge in [0.2, 0.25) is 11.8 Å². The van der Waals surface area contributed by atoms with E-state index >= 15 is 0 Å². The second-order valence-electron chi connectivity index (χ2n) is 10.1. The molecule has 1 atom stereocenters. The van der Waals surface area contributed by atoms with Gasteiger partial charge in [-0.3, -0.25) is 13.9 Å². The molecule has 0 heterocycles. The van der Waals surface area contributed by atoms with Gasteiger partial charge in [0.25, 0.3) is 10.0 Å². The monoisotopic (exact) mass is 637 g/mol. The summed E-state index contributed by atoms with van der Waals surface area (Å²) >= 11 is 18.5. The molecule has 3 aromatic rings. The van der Waals surface area contributed by atoms with Crippen LogP contribution in [0.5, 0.6) is 0 Å². The first-order valence-electron chi connectivity index (χ1n) is 13.2. The summed E-state index contributed by atoms with van der Waals surface area (Å²) < 4.78 is 28.8. The van der Waals surface area contributed by atoms with E-state index in [1.165, 1.54) is 29.2 Å². The minimum atomic E-state index is -4.19. The second-order valence-corrected chi connectivity index (χ2v) is 13.3. The van der Waals surface area contributed by atoms with Crippen molar-refractivity contribution in [3.05, 3.63) is 92.9 Å². The molecule has 3 aromatic carbocycles. The maximum Gasteiger partial charge on any atom is 0.264 e. The lowest BCUT2D eigenvalue weighted by Gasteiger charge is -2.33. The van der Waals surface area contributed by atoms with E-state index in [4.69, 9.17) is 34.8 Å². The van der Waals surface area contributed by atoms with E-state index in [1.807, 2.05) is 20.8 Å². The molecule has 3 rings (SSSR count). The molecule has 11 heteroatoms. The first-order valence-corrected chi connectivity index (χ1v) is 15.8. The number of hydrogen-bond acceptors (Lipinski definition) is 4. The van der Waals surface area contributed by atoms with E-state index in [0.717, 1.165) is 9.87 Å². The van der Waals surface area contributed by atoms with Crippen molar-refractivity contribution in [3.63, 3.8) is 0 Å². The number of aryl methyl sites for hydroxylation is 1. The van der Waals surface area contributed by atoms with E-state index in [0.29, 0.717) is 39.3 Å². The van der Waals surface area contributed by atoms with Gasteiger partial charge in [-0.1, -0.05) is 79.3 Å². The number of carbonyl (C=O) groups is 2. The van der Waals surface area contributed by atoms with Gasteiger partial charge < -0.3 is 10.2 Å². The van der Waals surface area contributed by atoms with Crippen molar-refractivity contribution in [2.75, 3.05) is 17.4 Å². The van der Waals surface area contributed by atoms with Crippen molar-refractivity contribution < 1.29 is 18.0 Å². The number of nitrogens with one attached hydrogen (secondary N) is 1. The van der Waals surface area contributed by atoms with Crippen molar-refractivity contribution in [2.24, 2.45) is 5.92 Å². The largest absolute Gasteiger partial charge is 0.354 e. The van der Waals surface area contributed by atoms with E-state index in [-0.39, 0.29) is 23.3 Å². The molecule has 0 aliphatic heterocycles. The number of benzene rings is 3. The van der Waals surface area contributed by atoms with Crippen LogP contribution in [0.1, 0.15) is 38.3 Å². The fourth-order valence-electron chi connectivity index (χ4n) is 4.15. The Balaban J connectivity index is 2.06. The van der Waals surface area contributed by atoms with Gasteiger partial charge in [-0.15, -0.1) is 0 Å². The number of amides is 2. The van der Waals surface area contributed by atoms with Gasteiger partial charge in [-0.2, -0.15) is 0 Å². The van der Waals surface area contributed by atoms with Crippen molar-refractivity contribution in [1.29, 1.82) is 0 Å². The third-order valence-electron chi connectivity index (χ3n) is 6.43. The summed E-state index contributed by atoms with van der Waals surface area (Å²) in [4.78, 5) is 28.7. The third kappa shape index (κ3) is 8.61. The Bertz CT molecular complexity index is 1460. The van der Waals surface area contributed by atoms with Crippen LogP contribution in [-0.4, -0.2) is 44.3 Å². The van der Waals surface area contributed by atoms with Crippen molar-refractivity contribution in [3.8, 4) is 0 Å². The van der Waals surface area contributed by atoms with Crippen LogP contribution in [0.3, 0.4) is 0 Å². The number of nitrogens with zero attached hydrogens (tertiary/aromatic N) is 2. The molecular weight excluding hydrogens is 605 g/mol. The lowest BCUT2D eigenvalue weighted by Crippen LogP contribution is -2.52. The fraction of sp³-hybridized carbons (Fsp3) is 0.333. The fourth-order valence-corrected chi connectivity index (χ4v) is 6.16. The molecule has 1 N–H and O–H groups in total. The molecular formula is C30H34Cl3N3O4S. The Morgan fingerprint density at radius 3 is 2.07 bits per heavy atom. The standard InChI is InChI=1S/C30H34Cl3N3O4S/c1-5-28(30(38)34-17-20(2)3)35(18-22-8-9-24(32)16-27(22)33)29(37)19-36(25-12-6-21(4)7-13-25)41(39,40)26-14-10-23(31)11-15-26/h6-16,20,28H,5,17-19H2,1-4H3,(H,34,38). The zero-order valence-corrected chi connectivity index (χ0v) is 26.5. The highest BCUT2D eigenvalue weighted by molar-refractivity contribution is 7.92. The molecule has 0 spiro atoms. The van der Waals surface area contributed by atoms with Crippen molar-refractivity contribution in [2.45, 2.75) is 51.6 Å². The SMILES string of the molecule is CCC(C(=O)NCC(C)C)N(Cc1ccc(Cl)cc1Cl)C(=O)CN(c1ccc(C)cc1)S(=O)(=O)c1ccc(Cl)cc1. The molecule has 1 unspecified atom stereocenters. The number of hydrogen-bond donors (Lipinski definition) is 1. The van der Waals surface area contributed by atoms with Crippen LogP contribution >= 0.6 is 34.8 Å². The smallest absolute Gasteiger partial charge is 0.264 e. The number of sulfonamides is 1. The molecule has 0 radical (unpaired) electrons. The van der Waals surface area contributed by atoms with Gasteiger partial charge in [0, 0.05) is 28.2 Å². The molecule has 0 aliphatic rings. The molecule has 0 saturated heterocycles. The minimum Gasteiger partial charge on any atom is -0.354 e. The molecule has 7 nitrogen and oxygen atoms in total. The van der Waals surface area contributed by atoms with E-state index in [1.54, 1.807) is 49.4 Å². The van der Waals surface area contributed by atoms with Gasteiger partial charge in [-0.05, 0) is 73.4 Å². The lowest BCUT2D eigenvalue weighted by molar-refractivity contribution is -0.140. The molecule has 0 aromatic heterocycles. The Labute approximate surface area is 257 Å². The summed E-state index contributed by atoms with van der Waals surface area (Å²) in [7, 11) is -4.19.